The summed E-state index contributed by atoms with van der Waals surface area (Å²) in [6.45, 7) is 0. The zero-order chi connectivity index (χ0) is 10.8. The molecular weight excluding hydrogens is 202 g/mol. The van der Waals surface area contributed by atoms with Crippen LogP contribution >= 0.6 is 0 Å². The fraction of sp³-hybridized carbons (Fsp3) is 0.300. The van der Waals surface area contributed by atoms with Crippen LogP contribution in [0.4, 0.5) is 8.78 Å². The highest BCUT2D eigenvalue weighted by Gasteiger charge is 2.26. The Labute approximate surface area is 85.4 Å². The van der Waals surface area contributed by atoms with Crippen LogP contribution in [-0.2, 0) is 4.79 Å². The second kappa shape index (κ2) is 4.04. The minimum Gasteiger partial charge on any atom is -0.302 e. The Balaban J connectivity index is 2.20. The molecule has 15 heavy (non-hydrogen) atoms. The summed E-state index contributed by atoms with van der Waals surface area (Å²) in [5.74, 6) is -1.20. The zero-order valence-corrected chi connectivity index (χ0v) is 7.84. The van der Waals surface area contributed by atoms with Gasteiger partial charge >= 0.3 is 0 Å². The number of hydrazine groups is 1. The van der Waals surface area contributed by atoms with Crippen molar-refractivity contribution in [2.24, 2.45) is 0 Å². The first-order valence-corrected chi connectivity index (χ1v) is 4.62. The third-order valence-corrected chi connectivity index (χ3v) is 2.43. The molecular formula is C10H10F2N2O. The normalized spacial score (nSPS) is 25.5. The number of nitrogens with one attached hydrogen (secondary N) is 2. The largest absolute Gasteiger partial charge is 0.302 e. The van der Waals surface area contributed by atoms with Gasteiger partial charge in [0.25, 0.3) is 0 Å². The maximum atomic E-state index is 13.3. The maximum absolute atomic E-state index is 13.3. The molecule has 2 atom stereocenters. The molecule has 0 spiro atoms. The van der Waals surface area contributed by atoms with Crippen LogP contribution in [0.2, 0.25) is 0 Å². The first-order valence-electron chi connectivity index (χ1n) is 4.62. The number of aldehydes is 1. The lowest BCUT2D eigenvalue weighted by Gasteiger charge is -2.10. The maximum Gasteiger partial charge on any atom is 0.138 e. The van der Waals surface area contributed by atoms with Gasteiger partial charge in [0.15, 0.2) is 0 Å². The van der Waals surface area contributed by atoms with E-state index in [9.17, 15) is 13.6 Å². The summed E-state index contributed by atoms with van der Waals surface area (Å²) in [7, 11) is 0. The smallest absolute Gasteiger partial charge is 0.138 e. The molecule has 1 fully saturated rings. The fourth-order valence-electron chi connectivity index (χ4n) is 1.66. The van der Waals surface area contributed by atoms with E-state index >= 15 is 0 Å². The summed E-state index contributed by atoms with van der Waals surface area (Å²) in [4.78, 5) is 10.5. The van der Waals surface area contributed by atoms with Crippen molar-refractivity contribution in [1.82, 2.24) is 10.9 Å². The van der Waals surface area contributed by atoms with E-state index in [1.165, 1.54) is 12.1 Å². The summed E-state index contributed by atoms with van der Waals surface area (Å²) >= 11 is 0. The third-order valence-electron chi connectivity index (χ3n) is 2.43. The predicted molar refractivity (Wildman–Crippen MR) is 49.8 cm³/mol. The Morgan fingerprint density at radius 2 is 2.13 bits per heavy atom. The molecule has 0 amide bonds. The van der Waals surface area contributed by atoms with Gasteiger partial charge in [-0.3, -0.25) is 0 Å². The van der Waals surface area contributed by atoms with Crippen molar-refractivity contribution in [3.05, 3.63) is 35.4 Å². The predicted octanol–water partition coefficient (Wildman–Crippen LogP) is 1.07. The van der Waals surface area contributed by atoms with Gasteiger partial charge in [-0.05, 0) is 12.5 Å². The number of benzene rings is 1. The van der Waals surface area contributed by atoms with Crippen molar-refractivity contribution in [2.75, 3.05) is 0 Å². The van der Waals surface area contributed by atoms with Crippen LogP contribution in [0.15, 0.2) is 18.2 Å². The summed E-state index contributed by atoms with van der Waals surface area (Å²) in [6.07, 6.45) is 1.22. The van der Waals surface area contributed by atoms with Crippen LogP contribution in [0.5, 0.6) is 0 Å². The van der Waals surface area contributed by atoms with Gasteiger partial charge in [-0.2, -0.15) is 0 Å². The fourth-order valence-corrected chi connectivity index (χ4v) is 1.66. The van der Waals surface area contributed by atoms with Gasteiger partial charge in [-0.15, -0.1) is 0 Å². The summed E-state index contributed by atoms with van der Waals surface area (Å²) in [5, 5.41) is 0. The molecule has 0 aliphatic carbocycles. The Hall–Kier alpha value is -1.33. The molecule has 1 aromatic rings. The Bertz CT molecular complexity index is 384. The van der Waals surface area contributed by atoms with Crippen LogP contribution < -0.4 is 10.9 Å². The molecule has 3 nitrogen and oxygen atoms in total. The molecule has 80 valence electrons. The second-order valence-corrected chi connectivity index (χ2v) is 3.49. The van der Waals surface area contributed by atoms with Gasteiger partial charge < -0.3 is 4.79 Å². The molecule has 1 aliphatic rings. The number of hydrogen-bond acceptors (Lipinski definition) is 3. The van der Waals surface area contributed by atoms with Crippen LogP contribution in [0.3, 0.4) is 0 Å². The molecule has 1 heterocycles. The lowest BCUT2D eigenvalue weighted by molar-refractivity contribution is -0.109. The van der Waals surface area contributed by atoms with E-state index in [4.69, 9.17) is 0 Å². The van der Waals surface area contributed by atoms with E-state index in [0.717, 1.165) is 12.4 Å². The minimum absolute atomic E-state index is 0.291. The van der Waals surface area contributed by atoms with Crippen LogP contribution in [0.1, 0.15) is 18.0 Å². The van der Waals surface area contributed by atoms with Gasteiger partial charge in [0, 0.05) is 11.6 Å². The van der Waals surface area contributed by atoms with Crippen LogP contribution in [-0.4, -0.2) is 12.3 Å². The standard InChI is InChI=1S/C10H10F2N2O/c11-6-1-2-8(9(12)3-6)10-4-7(5-15)13-14-10/h1-3,5,7,10,13-14H,4H2. The molecule has 2 N–H and O–H groups in total. The minimum atomic E-state index is -0.603. The van der Waals surface area contributed by atoms with Crippen molar-refractivity contribution < 1.29 is 13.6 Å². The van der Waals surface area contributed by atoms with Gasteiger partial charge in [0.05, 0.1) is 12.1 Å². The lowest BCUT2D eigenvalue weighted by Crippen LogP contribution is -2.31. The summed E-state index contributed by atoms with van der Waals surface area (Å²) in [6, 6.07) is 2.82. The topological polar surface area (TPSA) is 41.1 Å². The number of hydrogen-bond donors (Lipinski definition) is 2. The molecule has 1 aliphatic heterocycles. The molecule has 0 aromatic heterocycles. The highest BCUT2D eigenvalue weighted by atomic mass is 19.1. The number of carbonyl (C=O) groups excluding carboxylic acids is 1. The monoisotopic (exact) mass is 212 g/mol. The van der Waals surface area contributed by atoms with Crippen molar-refractivity contribution in [3.8, 4) is 0 Å². The summed E-state index contributed by atoms with van der Waals surface area (Å²) < 4.78 is 26.0. The van der Waals surface area contributed by atoms with Gasteiger partial charge in [-0.1, -0.05) is 6.07 Å². The van der Waals surface area contributed by atoms with Crippen molar-refractivity contribution >= 4 is 6.29 Å². The van der Waals surface area contributed by atoms with Crippen LogP contribution in [0, 0.1) is 11.6 Å². The van der Waals surface area contributed by atoms with E-state index in [-0.39, 0.29) is 12.1 Å². The SMILES string of the molecule is O=CC1CC(c2ccc(F)cc2F)NN1. The van der Waals surface area contributed by atoms with E-state index in [2.05, 4.69) is 10.9 Å². The lowest BCUT2D eigenvalue weighted by atomic mass is 10.0. The molecule has 0 bridgehead atoms. The third kappa shape index (κ3) is 2.03. The number of rotatable bonds is 2. The molecule has 0 radical (unpaired) electrons. The first kappa shape index (κ1) is 10.2. The van der Waals surface area contributed by atoms with Crippen molar-refractivity contribution in [3.63, 3.8) is 0 Å². The Morgan fingerprint density at radius 3 is 2.73 bits per heavy atom. The summed E-state index contributed by atoms with van der Waals surface area (Å²) in [5.41, 5.74) is 5.88. The quantitative estimate of drug-likeness (QED) is 0.720. The Morgan fingerprint density at radius 1 is 1.33 bits per heavy atom. The molecule has 5 heteroatoms. The van der Waals surface area contributed by atoms with E-state index in [1.54, 1.807) is 0 Å². The Kier molecular flexibility index (Phi) is 2.75. The molecule has 1 saturated heterocycles. The van der Waals surface area contributed by atoms with E-state index in [0.29, 0.717) is 12.0 Å². The van der Waals surface area contributed by atoms with Crippen molar-refractivity contribution in [1.29, 1.82) is 0 Å². The van der Waals surface area contributed by atoms with Crippen LogP contribution in [0.25, 0.3) is 0 Å². The van der Waals surface area contributed by atoms with E-state index < -0.39 is 11.6 Å². The highest BCUT2D eigenvalue weighted by Crippen LogP contribution is 2.24. The molecule has 2 rings (SSSR count). The zero-order valence-electron chi connectivity index (χ0n) is 7.84. The van der Waals surface area contributed by atoms with E-state index in [1.807, 2.05) is 0 Å². The van der Waals surface area contributed by atoms with Gasteiger partial charge in [-0.25, -0.2) is 19.6 Å². The van der Waals surface area contributed by atoms with Crippen molar-refractivity contribution in [2.45, 2.75) is 18.5 Å². The highest BCUT2D eigenvalue weighted by molar-refractivity contribution is 5.58. The second-order valence-electron chi connectivity index (χ2n) is 3.49. The average molecular weight is 212 g/mol. The molecule has 0 saturated carbocycles. The molecule has 2 unspecified atom stereocenters. The number of halogens is 2. The number of carbonyl (C=O) groups is 1. The van der Waals surface area contributed by atoms with Gasteiger partial charge in [0.1, 0.15) is 17.9 Å². The van der Waals surface area contributed by atoms with Gasteiger partial charge in [0.2, 0.25) is 0 Å². The average Bonchev–Trinajstić information content (AvgIpc) is 2.66. The molecule has 1 aromatic carbocycles. The first-order chi connectivity index (χ1) is 7.20.